The van der Waals surface area contributed by atoms with Crippen molar-refractivity contribution >= 4 is 22.0 Å². The number of aromatic nitrogens is 2. The van der Waals surface area contributed by atoms with Gasteiger partial charge in [-0.25, -0.2) is 4.79 Å². The molecule has 170 valence electrons. The summed E-state index contributed by atoms with van der Waals surface area (Å²) >= 11 is 3.57. The molecule has 1 amide bonds. The van der Waals surface area contributed by atoms with Crippen LogP contribution in [-0.2, 0) is 27.1 Å². The summed E-state index contributed by atoms with van der Waals surface area (Å²) in [7, 11) is 0. The van der Waals surface area contributed by atoms with E-state index in [4.69, 9.17) is 14.0 Å². The van der Waals surface area contributed by atoms with Gasteiger partial charge in [0.1, 0.15) is 11.1 Å². The number of ether oxygens (including phenoxy) is 2. The largest absolute Gasteiger partial charge is 0.444 e. The van der Waals surface area contributed by atoms with Crippen LogP contribution in [-0.4, -0.2) is 35.0 Å². The Balaban J connectivity index is 1.70. The molecule has 0 unspecified atom stereocenters. The van der Waals surface area contributed by atoms with Crippen LogP contribution < -0.4 is 10.6 Å². The number of hydrogen-bond donors (Lipinski definition) is 2. The van der Waals surface area contributed by atoms with Crippen molar-refractivity contribution in [1.29, 1.82) is 0 Å². The molecule has 2 N–H and O–H groups in total. The smallest absolute Gasteiger partial charge is 0.408 e. The Morgan fingerprint density at radius 2 is 1.94 bits per heavy atom. The molecule has 1 fully saturated rings. The number of benzene rings is 1. The SMILES string of the molecule is CC(C)(C)OC(=O)NC(C)(C)c1noc(CNC2(c3cccc(Br)c3)CCOCC2)n1. The van der Waals surface area contributed by atoms with Crippen molar-refractivity contribution in [3.8, 4) is 0 Å². The third kappa shape index (κ3) is 6.27. The number of rotatable bonds is 6. The van der Waals surface area contributed by atoms with Gasteiger partial charge in [-0.15, -0.1) is 0 Å². The first-order chi connectivity index (χ1) is 14.5. The van der Waals surface area contributed by atoms with E-state index in [1.165, 1.54) is 5.56 Å². The van der Waals surface area contributed by atoms with Crippen molar-refractivity contribution in [2.45, 2.75) is 70.7 Å². The molecule has 0 saturated carbocycles. The second-order valence-corrected chi connectivity index (χ2v) is 10.2. The Morgan fingerprint density at radius 3 is 2.58 bits per heavy atom. The van der Waals surface area contributed by atoms with Crippen molar-refractivity contribution in [2.75, 3.05) is 13.2 Å². The van der Waals surface area contributed by atoms with Gasteiger partial charge in [0.05, 0.1) is 6.54 Å². The lowest BCUT2D eigenvalue weighted by atomic mass is 9.82. The number of hydrogen-bond acceptors (Lipinski definition) is 7. The summed E-state index contributed by atoms with van der Waals surface area (Å²) in [5.41, 5.74) is -0.473. The third-order valence-corrected chi connectivity index (χ3v) is 5.64. The zero-order valence-electron chi connectivity index (χ0n) is 18.8. The van der Waals surface area contributed by atoms with E-state index in [1.54, 1.807) is 13.8 Å². The number of nitrogens with zero attached hydrogens (tertiary/aromatic N) is 2. The quantitative estimate of drug-likeness (QED) is 0.614. The van der Waals surface area contributed by atoms with Gasteiger partial charge in [0, 0.05) is 23.2 Å². The predicted molar refractivity (Wildman–Crippen MR) is 119 cm³/mol. The highest BCUT2D eigenvalue weighted by Crippen LogP contribution is 2.34. The molecule has 0 spiro atoms. The molecular weight excluding hydrogens is 464 g/mol. The van der Waals surface area contributed by atoms with Crippen LogP contribution in [0, 0.1) is 0 Å². The number of carbonyl (C=O) groups excluding carboxylic acids is 1. The first kappa shape index (κ1) is 23.7. The first-order valence-corrected chi connectivity index (χ1v) is 11.2. The fourth-order valence-electron chi connectivity index (χ4n) is 3.51. The van der Waals surface area contributed by atoms with Crippen molar-refractivity contribution in [3.05, 3.63) is 46.0 Å². The van der Waals surface area contributed by atoms with Gasteiger partial charge in [0.15, 0.2) is 5.82 Å². The summed E-state index contributed by atoms with van der Waals surface area (Å²) in [5.74, 6) is 0.841. The molecule has 9 heteroatoms. The summed E-state index contributed by atoms with van der Waals surface area (Å²) in [4.78, 5) is 16.7. The first-order valence-electron chi connectivity index (χ1n) is 10.4. The molecule has 2 aromatic rings. The van der Waals surface area contributed by atoms with Crippen LogP contribution in [0.2, 0.25) is 0 Å². The highest BCUT2D eigenvalue weighted by Gasteiger charge is 2.35. The van der Waals surface area contributed by atoms with Crippen LogP contribution in [0.25, 0.3) is 0 Å². The molecule has 1 saturated heterocycles. The molecule has 1 aliphatic rings. The van der Waals surface area contributed by atoms with Gasteiger partial charge in [-0.1, -0.05) is 33.2 Å². The lowest BCUT2D eigenvalue weighted by Crippen LogP contribution is -2.46. The number of alkyl carbamates (subject to hydrolysis) is 1. The van der Waals surface area contributed by atoms with Crippen LogP contribution in [0.1, 0.15) is 64.7 Å². The average molecular weight is 495 g/mol. The van der Waals surface area contributed by atoms with Crippen LogP contribution in [0.3, 0.4) is 0 Å². The standard InChI is InChI=1S/C22H31BrN4O4/c1-20(2,3)30-19(28)26-21(4,5)18-25-17(31-27-18)14-24-22(9-11-29-12-10-22)15-7-6-8-16(23)13-15/h6-8,13,24H,9-12,14H2,1-5H3,(H,26,28). The van der Waals surface area contributed by atoms with Gasteiger partial charge in [-0.3, -0.25) is 5.32 Å². The molecule has 31 heavy (non-hydrogen) atoms. The van der Waals surface area contributed by atoms with E-state index < -0.39 is 17.2 Å². The van der Waals surface area contributed by atoms with Crippen LogP contribution in [0.5, 0.6) is 0 Å². The molecule has 1 aromatic heterocycles. The molecule has 0 radical (unpaired) electrons. The van der Waals surface area contributed by atoms with Crippen LogP contribution in [0.4, 0.5) is 4.79 Å². The van der Waals surface area contributed by atoms with Crippen molar-refractivity contribution in [2.24, 2.45) is 0 Å². The number of nitrogens with one attached hydrogen (secondary N) is 2. The number of amides is 1. The summed E-state index contributed by atoms with van der Waals surface area (Å²) in [6, 6.07) is 8.30. The summed E-state index contributed by atoms with van der Waals surface area (Å²) in [6.07, 6.45) is 1.16. The predicted octanol–water partition coefficient (Wildman–Crippen LogP) is 4.39. The normalized spacial score (nSPS) is 16.7. The maximum Gasteiger partial charge on any atom is 0.408 e. The second-order valence-electron chi connectivity index (χ2n) is 9.32. The van der Waals surface area contributed by atoms with Gasteiger partial charge in [-0.05, 0) is 65.2 Å². The van der Waals surface area contributed by atoms with E-state index >= 15 is 0 Å². The molecule has 0 bridgehead atoms. The molecule has 2 heterocycles. The minimum Gasteiger partial charge on any atom is -0.444 e. The van der Waals surface area contributed by atoms with Crippen molar-refractivity contribution in [3.63, 3.8) is 0 Å². The molecule has 3 rings (SSSR count). The molecule has 1 aliphatic heterocycles. The summed E-state index contributed by atoms with van der Waals surface area (Å²) < 4.78 is 17.4. The van der Waals surface area contributed by atoms with Gasteiger partial charge >= 0.3 is 6.09 Å². The maximum absolute atomic E-state index is 12.2. The summed E-state index contributed by atoms with van der Waals surface area (Å²) in [5, 5.41) is 10.5. The van der Waals surface area contributed by atoms with E-state index in [1.807, 2.05) is 32.9 Å². The Morgan fingerprint density at radius 1 is 1.23 bits per heavy atom. The van der Waals surface area contributed by atoms with Gasteiger partial charge in [0.25, 0.3) is 0 Å². The fraction of sp³-hybridized carbons (Fsp3) is 0.591. The molecule has 0 aliphatic carbocycles. The zero-order chi connectivity index (χ0) is 22.7. The number of carbonyl (C=O) groups is 1. The maximum atomic E-state index is 12.2. The lowest BCUT2D eigenvalue weighted by molar-refractivity contribution is 0.0346. The highest BCUT2D eigenvalue weighted by atomic mass is 79.9. The fourth-order valence-corrected chi connectivity index (χ4v) is 3.91. The molecule has 8 nitrogen and oxygen atoms in total. The van der Waals surface area contributed by atoms with Crippen molar-refractivity contribution in [1.82, 2.24) is 20.8 Å². The van der Waals surface area contributed by atoms with E-state index in [-0.39, 0.29) is 5.54 Å². The van der Waals surface area contributed by atoms with E-state index in [9.17, 15) is 4.79 Å². The minimum atomic E-state index is -0.843. The van der Waals surface area contributed by atoms with Crippen LogP contribution >= 0.6 is 15.9 Å². The van der Waals surface area contributed by atoms with Crippen LogP contribution in [0.15, 0.2) is 33.3 Å². The summed E-state index contributed by atoms with van der Waals surface area (Å²) in [6.45, 7) is 10.8. The monoisotopic (exact) mass is 494 g/mol. The van der Waals surface area contributed by atoms with Crippen molar-refractivity contribution < 1.29 is 18.8 Å². The Labute approximate surface area is 191 Å². The zero-order valence-corrected chi connectivity index (χ0v) is 20.3. The topological polar surface area (TPSA) is 98.5 Å². The number of halogens is 1. The Kier molecular flexibility index (Phi) is 7.08. The minimum absolute atomic E-state index is 0.235. The van der Waals surface area contributed by atoms with Gasteiger partial charge in [-0.2, -0.15) is 4.98 Å². The van der Waals surface area contributed by atoms with E-state index in [0.29, 0.717) is 31.5 Å². The molecular formula is C22H31BrN4O4. The van der Waals surface area contributed by atoms with Gasteiger partial charge in [0.2, 0.25) is 5.89 Å². The lowest BCUT2D eigenvalue weighted by Gasteiger charge is -2.38. The van der Waals surface area contributed by atoms with Gasteiger partial charge < -0.3 is 19.3 Å². The molecule has 1 aromatic carbocycles. The average Bonchev–Trinajstić information content (AvgIpc) is 3.15. The Hall–Kier alpha value is -1.97. The third-order valence-electron chi connectivity index (χ3n) is 5.14. The Bertz CT molecular complexity index is 901. The molecule has 0 atom stereocenters. The van der Waals surface area contributed by atoms with E-state index in [0.717, 1.165) is 17.3 Å². The van der Waals surface area contributed by atoms with E-state index in [2.05, 4.69) is 48.8 Å². The second kappa shape index (κ2) is 9.26. The highest BCUT2D eigenvalue weighted by molar-refractivity contribution is 9.10.